The molecule has 0 aliphatic carbocycles. The maximum atomic E-state index is 13.4. The van der Waals surface area contributed by atoms with Gasteiger partial charge in [-0.2, -0.15) is 0 Å². The Balaban J connectivity index is 2.90. The molecule has 0 radical (unpaired) electrons. The molecule has 6 atom stereocenters. The molecule has 1 saturated heterocycles. The molecule has 0 bridgehead atoms. The molecule has 106 valence electrons. The predicted molar refractivity (Wildman–Crippen MR) is 52.1 cm³/mol. The molecule has 1 aliphatic heterocycles. The average molecular weight is 270 g/mol. The number of rotatable bonds is 4. The van der Waals surface area contributed by atoms with Crippen LogP contribution in [0.5, 0.6) is 0 Å². The molecule has 1 fully saturated rings. The van der Waals surface area contributed by atoms with Crippen LogP contribution in [-0.2, 0) is 9.53 Å². The van der Waals surface area contributed by atoms with Crippen LogP contribution in [0.15, 0.2) is 0 Å². The Morgan fingerprint density at radius 1 is 1.50 bits per heavy atom. The molecule has 1 heterocycles. The zero-order valence-electron chi connectivity index (χ0n) is 9.18. The Morgan fingerprint density at radius 2 is 2.06 bits per heavy atom. The topological polar surface area (TPSA) is 148 Å². The van der Waals surface area contributed by atoms with Gasteiger partial charge in [0, 0.05) is 6.42 Å². The van der Waals surface area contributed by atoms with Gasteiger partial charge in [0.15, 0.2) is 6.17 Å². The molecule has 0 spiro atoms. The summed E-state index contributed by atoms with van der Waals surface area (Å²) in [6, 6.07) is 0. The van der Waals surface area contributed by atoms with Crippen LogP contribution < -0.4 is 0 Å². The monoisotopic (exact) mass is 270 g/mol. The third-order valence-corrected chi connectivity index (χ3v) is 2.79. The number of carbonyl (C=O) groups is 1. The fourth-order valence-electron chi connectivity index (χ4n) is 1.70. The summed E-state index contributed by atoms with van der Waals surface area (Å²) >= 11 is 0. The first-order chi connectivity index (χ1) is 8.24. The molecule has 0 saturated carbocycles. The van der Waals surface area contributed by atoms with Gasteiger partial charge in [-0.05, 0) is 0 Å². The van der Waals surface area contributed by atoms with Gasteiger partial charge in [-0.25, -0.2) is 9.18 Å². The Hall–Kier alpha value is -0.840. The lowest BCUT2D eigenvalue weighted by molar-refractivity contribution is -0.313. The van der Waals surface area contributed by atoms with Crippen LogP contribution in [0.1, 0.15) is 6.42 Å². The van der Waals surface area contributed by atoms with Gasteiger partial charge in [-0.15, -0.1) is 0 Å². The summed E-state index contributed by atoms with van der Waals surface area (Å²) in [5.74, 6) is -5.37. The minimum absolute atomic E-state index is 0.533. The lowest BCUT2D eigenvalue weighted by atomic mass is 9.92. The number of alkyl halides is 1. The van der Waals surface area contributed by atoms with E-state index in [2.05, 4.69) is 4.74 Å². The summed E-state index contributed by atoms with van der Waals surface area (Å²) in [6.07, 6.45) is -9.99. The highest BCUT2D eigenvalue weighted by molar-refractivity contribution is 5.76. The van der Waals surface area contributed by atoms with Crippen LogP contribution in [0.3, 0.4) is 0 Å². The first-order valence-corrected chi connectivity index (χ1v) is 5.16. The molecule has 0 aromatic heterocycles. The number of carboxylic acid groups (broad SMARTS) is 1. The SMILES string of the molecule is O=C(O)[C@]1(O)OC([C@@H](O)[C@H](O)CO)C[C@@H](O)[C@H]1F. The molecule has 0 aromatic rings. The van der Waals surface area contributed by atoms with E-state index >= 15 is 0 Å². The highest BCUT2D eigenvalue weighted by Gasteiger charge is 2.57. The summed E-state index contributed by atoms with van der Waals surface area (Å²) in [4.78, 5) is 10.7. The summed E-state index contributed by atoms with van der Waals surface area (Å²) in [6.45, 7) is -0.846. The van der Waals surface area contributed by atoms with E-state index in [4.69, 9.17) is 15.3 Å². The summed E-state index contributed by atoms with van der Waals surface area (Å²) in [5, 5.41) is 54.7. The van der Waals surface area contributed by atoms with Gasteiger partial charge in [0.2, 0.25) is 0 Å². The van der Waals surface area contributed by atoms with Crippen molar-refractivity contribution < 1.29 is 44.6 Å². The van der Waals surface area contributed by atoms with E-state index in [1.807, 2.05) is 0 Å². The smallest absolute Gasteiger partial charge is 0.367 e. The number of carboxylic acids is 1. The zero-order chi connectivity index (χ0) is 14.1. The van der Waals surface area contributed by atoms with Crippen molar-refractivity contribution in [2.45, 2.75) is 42.8 Å². The first-order valence-electron chi connectivity index (χ1n) is 5.16. The molecule has 8 nitrogen and oxygen atoms in total. The quantitative estimate of drug-likeness (QED) is 0.316. The van der Waals surface area contributed by atoms with Crippen molar-refractivity contribution in [3.63, 3.8) is 0 Å². The van der Waals surface area contributed by atoms with Crippen molar-refractivity contribution in [3.05, 3.63) is 0 Å². The van der Waals surface area contributed by atoms with Crippen LogP contribution in [0.25, 0.3) is 0 Å². The fourth-order valence-corrected chi connectivity index (χ4v) is 1.70. The van der Waals surface area contributed by atoms with E-state index in [0.29, 0.717) is 0 Å². The van der Waals surface area contributed by atoms with Gasteiger partial charge in [0.1, 0.15) is 12.2 Å². The van der Waals surface area contributed by atoms with Gasteiger partial charge in [-0.1, -0.05) is 0 Å². The molecule has 18 heavy (non-hydrogen) atoms. The Kier molecular flexibility index (Phi) is 4.59. The Labute approximate surface area is 101 Å². The third kappa shape index (κ3) is 2.60. The standard InChI is InChI=1S/C9H15FO8/c10-7-3(12)1-5(6(14)4(13)2-11)18-9(7,17)8(15)16/h3-7,11-14,17H,1-2H2,(H,15,16)/t3-,4-,5?,6+,7-,9-/m1/s1. The number of aliphatic hydroxyl groups is 5. The van der Waals surface area contributed by atoms with E-state index in [-0.39, 0.29) is 0 Å². The van der Waals surface area contributed by atoms with Gasteiger partial charge < -0.3 is 35.4 Å². The number of aliphatic hydroxyl groups excluding tert-OH is 4. The molecule has 6 N–H and O–H groups in total. The lowest BCUT2D eigenvalue weighted by Crippen LogP contribution is -2.63. The van der Waals surface area contributed by atoms with Crippen molar-refractivity contribution in [2.24, 2.45) is 0 Å². The van der Waals surface area contributed by atoms with Crippen LogP contribution in [0, 0.1) is 0 Å². The molecule has 1 rings (SSSR count). The second-order valence-electron chi connectivity index (χ2n) is 4.10. The molecule has 9 heteroatoms. The fraction of sp³-hybridized carbons (Fsp3) is 0.889. The molecule has 1 aliphatic rings. The highest BCUT2D eigenvalue weighted by atomic mass is 19.1. The van der Waals surface area contributed by atoms with Gasteiger partial charge in [0.05, 0.1) is 18.8 Å². The van der Waals surface area contributed by atoms with Gasteiger partial charge in [-0.3, -0.25) is 0 Å². The van der Waals surface area contributed by atoms with Crippen LogP contribution >= 0.6 is 0 Å². The summed E-state index contributed by atoms with van der Waals surface area (Å²) in [5.41, 5.74) is 0. The second-order valence-corrected chi connectivity index (χ2v) is 4.10. The van der Waals surface area contributed by atoms with E-state index < -0.39 is 55.4 Å². The normalized spacial score (nSPS) is 40.2. The first kappa shape index (κ1) is 15.2. The van der Waals surface area contributed by atoms with E-state index in [1.54, 1.807) is 0 Å². The lowest BCUT2D eigenvalue weighted by Gasteiger charge is -2.41. The van der Waals surface area contributed by atoms with Crippen molar-refractivity contribution in [3.8, 4) is 0 Å². The van der Waals surface area contributed by atoms with Crippen LogP contribution in [0.4, 0.5) is 4.39 Å². The van der Waals surface area contributed by atoms with Gasteiger partial charge in [0.25, 0.3) is 0 Å². The summed E-state index contributed by atoms with van der Waals surface area (Å²) < 4.78 is 17.9. The van der Waals surface area contributed by atoms with E-state index in [0.717, 1.165) is 0 Å². The predicted octanol–water partition coefficient (Wildman–Crippen LogP) is -3.04. The molecular weight excluding hydrogens is 255 g/mol. The van der Waals surface area contributed by atoms with Crippen molar-refractivity contribution >= 4 is 5.97 Å². The van der Waals surface area contributed by atoms with Gasteiger partial charge >= 0.3 is 11.8 Å². The van der Waals surface area contributed by atoms with Crippen molar-refractivity contribution in [1.29, 1.82) is 0 Å². The van der Waals surface area contributed by atoms with E-state index in [1.165, 1.54) is 0 Å². The molecule has 0 aromatic carbocycles. The third-order valence-electron chi connectivity index (χ3n) is 2.79. The number of hydrogen-bond acceptors (Lipinski definition) is 7. The van der Waals surface area contributed by atoms with Crippen molar-refractivity contribution in [1.82, 2.24) is 0 Å². The maximum Gasteiger partial charge on any atom is 0.367 e. The van der Waals surface area contributed by atoms with Crippen LogP contribution in [-0.4, -0.2) is 79.6 Å². The molecule has 1 unspecified atom stereocenters. The molecular formula is C9H15FO8. The minimum Gasteiger partial charge on any atom is -0.477 e. The zero-order valence-corrected chi connectivity index (χ0v) is 9.18. The van der Waals surface area contributed by atoms with Crippen LogP contribution in [0.2, 0.25) is 0 Å². The maximum absolute atomic E-state index is 13.4. The highest BCUT2D eigenvalue weighted by Crippen LogP contribution is 2.32. The largest absolute Gasteiger partial charge is 0.477 e. The van der Waals surface area contributed by atoms with Crippen molar-refractivity contribution in [2.75, 3.05) is 6.61 Å². The Morgan fingerprint density at radius 3 is 2.50 bits per heavy atom. The number of aliphatic carboxylic acids is 1. The number of ether oxygens (including phenoxy) is 1. The van der Waals surface area contributed by atoms with E-state index in [9.17, 15) is 24.5 Å². The average Bonchev–Trinajstić information content (AvgIpc) is 2.33. The number of halogens is 1. The minimum atomic E-state index is -3.31. The Bertz CT molecular complexity index is 313. The number of hydrogen-bond donors (Lipinski definition) is 6. The second kappa shape index (κ2) is 5.43. The molecule has 0 amide bonds. The summed E-state index contributed by atoms with van der Waals surface area (Å²) in [7, 11) is 0.